The van der Waals surface area contributed by atoms with Crippen LogP contribution < -0.4 is 9.64 Å². The van der Waals surface area contributed by atoms with Gasteiger partial charge in [0.25, 0.3) is 23.4 Å². The predicted molar refractivity (Wildman–Crippen MR) is 137 cm³/mol. The van der Waals surface area contributed by atoms with Crippen LogP contribution in [0.15, 0.2) is 63.5 Å². The molecule has 182 valence electrons. The first-order valence-corrected chi connectivity index (χ1v) is 12.3. The predicted octanol–water partition coefficient (Wildman–Crippen LogP) is 5.19. The van der Waals surface area contributed by atoms with E-state index in [0.29, 0.717) is 21.5 Å². The van der Waals surface area contributed by atoms with E-state index in [2.05, 4.69) is 31.9 Å². The minimum absolute atomic E-state index is 0.0883. The zero-order chi connectivity index (χ0) is 25.9. The number of carbonyl (C=O) groups is 3. The molecule has 0 aliphatic carbocycles. The second-order valence-electron chi connectivity index (χ2n) is 8.36. The molecule has 1 fully saturated rings. The number of fused-ring (bicyclic) bond motifs is 1. The molecule has 0 spiro atoms. The van der Waals surface area contributed by atoms with Crippen molar-refractivity contribution in [2.75, 3.05) is 12.0 Å². The highest BCUT2D eigenvalue weighted by atomic mass is 79.9. The Kier molecular flexibility index (Phi) is 5.92. The summed E-state index contributed by atoms with van der Waals surface area (Å²) in [6.45, 7) is 1.89. The molecular weight excluding hydrogens is 598 g/mol. The zero-order valence-corrected chi connectivity index (χ0v) is 22.1. The number of nitrogens with zero attached hydrogens (tertiary/aromatic N) is 3. The second-order valence-corrected chi connectivity index (χ2v) is 10.1. The third-order valence-corrected chi connectivity index (χ3v) is 7.91. The van der Waals surface area contributed by atoms with E-state index in [1.807, 2.05) is 19.1 Å². The summed E-state index contributed by atoms with van der Waals surface area (Å²) >= 11 is 6.92. The smallest absolute Gasteiger partial charge is 0.282 e. The number of imide groups is 1. The minimum Gasteiger partial charge on any atom is -0.496 e. The second kappa shape index (κ2) is 8.82. The van der Waals surface area contributed by atoms with Crippen LogP contribution in [-0.4, -0.2) is 40.7 Å². The molecule has 0 N–H and O–H groups in total. The van der Waals surface area contributed by atoms with Gasteiger partial charge in [0.2, 0.25) is 0 Å². The third-order valence-electron chi connectivity index (χ3n) is 6.40. The number of hydrogen-bond acceptors (Lipinski definition) is 6. The molecule has 9 nitrogen and oxygen atoms in total. The van der Waals surface area contributed by atoms with Gasteiger partial charge < -0.3 is 9.64 Å². The van der Waals surface area contributed by atoms with Gasteiger partial charge in [0.1, 0.15) is 17.4 Å². The molecule has 0 aromatic heterocycles. The van der Waals surface area contributed by atoms with Gasteiger partial charge in [-0.05, 0) is 70.4 Å². The van der Waals surface area contributed by atoms with Gasteiger partial charge in [0.05, 0.1) is 28.1 Å². The van der Waals surface area contributed by atoms with Gasteiger partial charge in [0.15, 0.2) is 0 Å². The van der Waals surface area contributed by atoms with E-state index in [-0.39, 0.29) is 11.1 Å². The molecule has 11 heteroatoms. The van der Waals surface area contributed by atoms with Crippen LogP contribution in [0.2, 0.25) is 0 Å². The molecule has 0 radical (unpaired) electrons. The van der Waals surface area contributed by atoms with Gasteiger partial charge >= 0.3 is 0 Å². The lowest BCUT2D eigenvalue weighted by molar-refractivity contribution is -0.385. The molecular formula is C25H17Br2N3O6. The number of methoxy groups -OCH3 is 1. The summed E-state index contributed by atoms with van der Waals surface area (Å²) in [5.74, 6) is -1.49. The number of aryl methyl sites for hydroxylation is 1. The molecule has 3 aromatic rings. The first kappa shape index (κ1) is 24.1. The van der Waals surface area contributed by atoms with Crippen molar-refractivity contribution < 1.29 is 24.0 Å². The van der Waals surface area contributed by atoms with Gasteiger partial charge in [-0.1, -0.05) is 28.1 Å². The summed E-state index contributed by atoms with van der Waals surface area (Å²) in [6, 6.07) is 12.6. The Morgan fingerprint density at radius 3 is 2.31 bits per heavy atom. The van der Waals surface area contributed by atoms with Gasteiger partial charge in [-0.3, -0.25) is 29.4 Å². The molecule has 1 saturated heterocycles. The number of halogens is 2. The quantitative estimate of drug-likeness (QED) is 0.169. The number of hydrogen-bond donors (Lipinski definition) is 0. The molecule has 2 aliphatic rings. The van der Waals surface area contributed by atoms with Crippen molar-refractivity contribution in [1.29, 1.82) is 0 Å². The molecule has 36 heavy (non-hydrogen) atoms. The van der Waals surface area contributed by atoms with E-state index >= 15 is 0 Å². The molecule has 2 atom stereocenters. The molecule has 3 amide bonds. The van der Waals surface area contributed by atoms with Crippen LogP contribution >= 0.6 is 31.9 Å². The average molecular weight is 615 g/mol. The lowest BCUT2D eigenvalue weighted by Gasteiger charge is -2.50. The Hall–Kier alpha value is -3.57. The number of benzene rings is 3. The van der Waals surface area contributed by atoms with Crippen molar-refractivity contribution in [3.63, 3.8) is 0 Å². The van der Waals surface area contributed by atoms with Crippen LogP contribution in [0, 0.1) is 17.0 Å². The van der Waals surface area contributed by atoms with Crippen molar-refractivity contribution in [2.45, 2.75) is 19.0 Å². The lowest BCUT2D eigenvalue weighted by atomic mass is 9.86. The van der Waals surface area contributed by atoms with Crippen molar-refractivity contribution >= 4 is 61.0 Å². The summed E-state index contributed by atoms with van der Waals surface area (Å²) in [5, 5.41) is 11.5. The highest BCUT2D eigenvalue weighted by Gasteiger charge is 2.58. The Balaban J connectivity index is 1.63. The maximum absolute atomic E-state index is 13.6. The van der Waals surface area contributed by atoms with Gasteiger partial charge in [0, 0.05) is 16.2 Å². The lowest BCUT2D eigenvalue weighted by Crippen LogP contribution is -2.67. The monoisotopic (exact) mass is 613 g/mol. The van der Waals surface area contributed by atoms with Crippen LogP contribution in [0.3, 0.4) is 0 Å². The van der Waals surface area contributed by atoms with E-state index < -0.39 is 40.4 Å². The number of carbonyl (C=O) groups excluding carboxylic acids is 3. The molecule has 2 heterocycles. The Labute approximate surface area is 222 Å². The van der Waals surface area contributed by atoms with Crippen LogP contribution in [0.5, 0.6) is 5.75 Å². The summed E-state index contributed by atoms with van der Waals surface area (Å²) in [6.07, 6.45) is 0. The van der Waals surface area contributed by atoms with Crippen LogP contribution in [-0.2, 0) is 4.79 Å². The summed E-state index contributed by atoms with van der Waals surface area (Å²) in [7, 11) is 1.53. The van der Waals surface area contributed by atoms with Crippen molar-refractivity contribution in [1.82, 2.24) is 4.90 Å². The maximum atomic E-state index is 13.6. The van der Waals surface area contributed by atoms with E-state index in [0.717, 1.165) is 14.9 Å². The van der Waals surface area contributed by atoms with Crippen LogP contribution in [0.25, 0.3) is 0 Å². The van der Waals surface area contributed by atoms with Crippen molar-refractivity contribution in [3.05, 3.63) is 95.9 Å². The van der Waals surface area contributed by atoms with E-state index in [9.17, 15) is 24.5 Å². The average Bonchev–Trinajstić information content (AvgIpc) is 3.09. The molecule has 0 unspecified atom stereocenters. The van der Waals surface area contributed by atoms with Gasteiger partial charge in [-0.15, -0.1) is 0 Å². The van der Waals surface area contributed by atoms with Gasteiger partial charge in [-0.2, -0.15) is 0 Å². The molecule has 0 saturated carbocycles. The van der Waals surface area contributed by atoms with E-state index in [1.54, 1.807) is 24.3 Å². The van der Waals surface area contributed by atoms with Crippen molar-refractivity contribution in [2.24, 2.45) is 0 Å². The number of amides is 3. The number of anilines is 1. The molecule has 2 aliphatic heterocycles. The number of ether oxygens (including phenoxy) is 1. The SMILES string of the molecule is COc1ccc([C@@H]2[C@H](N3C(=O)c4cccc([N+](=O)[O-])c4C3=O)C(=O)N2c2ccc(Br)c(C)c2)cc1Br. The topological polar surface area (TPSA) is 110 Å². The van der Waals surface area contributed by atoms with Crippen LogP contribution in [0.1, 0.15) is 37.9 Å². The van der Waals surface area contributed by atoms with E-state index in [4.69, 9.17) is 4.74 Å². The molecule has 0 bridgehead atoms. The molecule has 3 aromatic carbocycles. The number of β-lactam (4-membered cyclic amide) rings is 1. The number of rotatable bonds is 5. The largest absolute Gasteiger partial charge is 0.496 e. The van der Waals surface area contributed by atoms with Crippen molar-refractivity contribution in [3.8, 4) is 5.75 Å². The first-order chi connectivity index (χ1) is 17.1. The standard InChI is InChI=1S/C25H17Br2N3O6/c1-12-10-14(7-8-16(12)26)28-21(13-6-9-19(36-2)17(27)11-13)22(25(28)33)29-23(31)15-4-3-5-18(30(34)35)20(15)24(29)32/h3-11,21-22H,1-2H3/t21-,22+/m1/s1. The number of nitro groups is 1. The maximum Gasteiger partial charge on any atom is 0.282 e. The fourth-order valence-electron chi connectivity index (χ4n) is 4.68. The zero-order valence-electron chi connectivity index (χ0n) is 18.9. The van der Waals surface area contributed by atoms with Gasteiger partial charge in [-0.25, -0.2) is 0 Å². The summed E-state index contributed by atoms with van der Waals surface area (Å²) < 4.78 is 6.81. The third kappa shape index (κ3) is 3.53. The highest BCUT2D eigenvalue weighted by Crippen LogP contribution is 2.46. The fraction of sp³-hybridized carbons (Fsp3) is 0.160. The summed E-state index contributed by atoms with van der Waals surface area (Å²) in [5.41, 5.74) is 1.29. The highest BCUT2D eigenvalue weighted by molar-refractivity contribution is 9.10. The Morgan fingerprint density at radius 1 is 0.917 bits per heavy atom. The van der Waals surface area contributed by atoms with Crippen LogP contribution in [0.4, 0.5) is 11.4 Å². The Bertz CT molecular complexity index is 1490. The molecule has 5 rings (SSSR count). The fourth-order valence-corrected chi connectivity index (χ4v) is 5.49. The normalized spacial score (nSPS) is 18.8. The van der Waals surface area contributed by atoms with E-state index in [1.165, 1.54) is 30.2 Å². The first-order valence-electron chi connectivity index (χ1n) is 10.7. The summed E-state index contributed by atoms with van der Waals surface area (Å²) in [4.78, 5) is 53.5. The Morgan fingerprint density at radius 2 is 1.67 bits per heavy atom. The number of nitro benzene ring substituents is 1. The minimum atomic E-state index is -1.18.